The predicted molar refractivity (Wildman–Crippen MR) is 53.2 cm³/mol. The molecule has 4 nitrogen and oxygen atoms in total. The van der Waals surface area contributed by atoms with Gasteiger partial charge in [0.15, 0.2) is 0 Å². The van der Waals surface area contributed by atoms with Crippen LogP contribution in [0, 0.1) is 0 Å². The normalized spacial score (nSPS) is 12.8. The number of unbranched alkanes of at least 4 members (excludes halogenated alkanes) is 2. The molecule has 0 aliphatic heterocycles. The molecule has 0 radical (unpaired) electrons. The summed E-state index contributed by atoms with van der Waals surface area (Å²) in [5.41, 5.74) is 1.79. The highest BCUT2D eigenvalue weighted by molar-refractivity contribution is 7.98. The topological polar surface area (TPSA) is 69.6 Å². The summed E-state index contributed by atoms with van der Waals surface area (Å²) >= 11 is 1.79. The minimum Gasteiger partial charge on any atom is -0.480 e. The smallest absolute Gasteiger partial charge is 0.323 e. The monoisotopic (exact) mass is 207 g/mol. The molecule has 0 aromatic rings. The SMILES string of the molecule is CSCCCCCC(NO)C(=O)O. The van der Waals surface area contributed by atoms with E-state index in [1.165, 1.54) is 0 Å². The number of nitrogens with one attached hydrogen (secondary N) is 1. The van der Waals surface area contributed by atoms with Gasteiger partial charge in [-0.25, -0.2) is 0 Å². The van der Waals surface area contributed by atoms with Gasteiger partial charge in [0.25, 0.3) is 0 Å². The summed E-state index contributed by atoms with van der Waals surface area (Å²) in [5.74, 6) is 0.122. The van der Waals surface area contributed by atoms with Gasteiger partial charge >= 0.3 is 5.97 Å². The van der Waals surface area contributed by atoms with E-state index in [1.54, 1.807) is 17.2 Å². The van der Waals surface area contributed by atoms with Crippen LogP contribution in [-0.2, 0) is 4.79 Å². The van der Waals surface area contributed by atoms with Crippen LogP contribution in [0.1, 0.15) is 25.7 Å². The van der Waals surface area contributed by atoms with Crippen LogP contribution in [-0.4, -0.2) is 34.3 Å². The summed E-state index contributed by atoms with van der Waals surface area (Å²) in [6.07, 6.45) is 5.51. The van der Waals surface area contributed by atoms with E-state index in [9.17, 15) is 4.79 Å². The van der Waals surface area contributed by atoms with Crippen LogP contribution in [0.3, 0.4) is 0 Å². The number of carboxylic acids is 1. The van der Waals surface area contributed by atoms with Crippen LogP contribution in [0.5, 0.6) is 0 Å². The van der Waals surface area contributed by atoms with Crippen LogP contribution in [0.15, 0.2) is 0 Å². The molecule has 0 amide bonds. The average Bonchev–Trinajstić information content (AvgIpc) is 2.10. The summed E-state index contributed by atoms with van der Waals surface area (Å²) in [4.78, 5) is 10.4. The molecule has 1 atom stereocenters. The Hall–Kier alpha value is -0.260. The molecular formula is C8H17NO3S. The van der Waals surface area contributed by atoms with Gasteiger partial charge in [0.05, 0.1) is 0 Å². The molecule has 0 aromatic carbocycles. The van der Waals surface area contributed by atoms with Gasteiger partial charge in [-0.3, -0.25) is 4.79 Å². The van der Waals surface area contributed by atoms with Gasteiger partial charge in [0.1, 0.15) is 6.04 Å². The van der Waals surface area contributed by atoms with Crippen molar-refractivity contribution in [3.63, 3.8) is 0 Å². The average molecular weight is 207 g/mol. The molecule has 0 aromatic heterocycles. The first-order chi connectivity index (χ1) is 6.22. The van der Waals surface area contributed by atoms with Gasteiger partial charge in [0, 0.05) is 0 Å². The summed E-state index contributed by atoms with van der Waals surface area (Å²) in [5, 5.41) is 17.0. The molecule has 78 valence electrons. The van der Waals surface area contributed by atoms with E-state index in [2.05, 4.69) is 6.26 Å². The van der Waals surface area contributed by atoms with Gasteiger partial charge in [0.2, 0.25) is 0 Å². The van der Waals surface area contributed by atoms with Gasteiger partial charge < -0.3 is 10.3 Å². The second-order valence-corrected chi connectivity index (χ2v) is 3.85. The molecule has 0 rings (SSSR count). The number of carbonyl (C=O) groups is 1. The highest BCUT2D eigenvalue weighted by Gasteiger charge is 2.14. The van der Waals surface area contributed by atoms with Crippen molar-refractivity contribution in [1.29, 1.82) is 0 Å². The molecule has 5 heteroatoms. The first-order valence-electron chi connectivity index (χ1n) is 4.33. The highest BCUT2D eigenvalue weighted by atomic mass is 32.2. The summed E-state index contributed by atoms with van der Waals surface area (Å²) in [7, 11) is 0. The molecule has 0 heterocycles. The first kappa shape index (κ1) is 12.7. The molecule has 3 N–H and O–H groups in total. The maximum atomic E-state index is 10.4. The fourth-order valence-corrected chi connectivity index (χ4v) is 1.51. The summed E-state index contributed by atoms with van der Waals surface area (Å²) < 4.78 is 0. The molecule has 0 spiro atoms. The fourth-order valence-electron chi connectivity index (χ4n) is 1.01. The van der Waals surface area contributed by atoms with Crippen molar-refractivity contribution in [2.24, 2.45) is 0 Å². The number of hydrogen-bond acceptors (Lipinski definition) is 4. The Labute approximate surface area is 82.7 Å². The van der Waals surface area contributed by atoms with Crippen LogP contribution in [0.2, 0.25) is 0 Å². The third kappa shape index (κ3) is 6.86. The van der Waals surface area contributed by atoms with Crippen LogP contribution < -0.4 is 5.48 Å². The van der Waals surface area contributed by atoms with Gasteiger partial charge in [-0.15, -0.1) is 0 Å². The number of carboxylic acid groups (broad SMARTS) is 1. The highest BCUT2D eigenvalue weighted by Crippen LogP contribution is 2.06. The fraction of sp³-hybridized carbons (Fsp3) is 0.875. The lowest BCUT2D eigenvalue weighted by Gasteiger charge is -2.08. The molecule has 0 saturated heterocycles. The van der Waals surface area contributed by atoms with Crippen molar-refractivity contribution < 1.29 is 15.1 Å². The van der Waals surface area contributed by atoms with E-state index in [0.717, 1.165) is 25.0 Å². The lowest BCUT2D eigenvalue weighted by atomic mass is 10.1. The third-order valence-corrected chi connectivity index (χ3v) is 2.49. The predicted octanol–water partition coefficient (Wildman–Crippen LogP) is 1.34. The second kappa shape index (κ2) is 8.34. The number of hydroxylamine groups is 1. The Kier molecular flexibility index (Phi) is 8.18. The number of thioether (sulfide) groups is 1. The lowest BCUT2D eigenvalue weighted by molar-refractivity contribution is -0.142. The molecule has 0 aliphatic carbocycles. The first-order valence-corrected chi connectivity index (χ1v) is 5.73. The minimum atomic E-state index is -0.993. The maximum absolute atomic E-state index is 10.4. The van der Waals surface area contributed by atoms with Crippen molar-refractivity contribution in [2.75, 3.05) is 12.0 Å². The van der Waals surface area contributed by atoms with Crippen LogP contribution in [0.25, 0.3) is 0 Å². The third-order valence-electron chi connectivity index (χ3n) is 1.80. The van der Waals surface area contributed by atoms with Crippen LogP contribution >= 0.6 is 11.8 Å². The minimum absolute atomic E-state index is 0.486. The lowest BCUT2D eigenvalue weighted by Crippen LogP contribution is -2.34. The van der Waals surface area contributed by atoms with E-state index in [0.29, 0.717) is 6.42 Å². The van der Waals surface area contributed by atoms with Gasteiger partial charge in [-0.2, -0.15) is 17.2 Å². The molecule has 13 heavy (non-hydrogen) atoms. The zero-order chi connectivity index (χ0) is 10.1. The van der Waals surface area contributed by atoms with Crippen molar-refractivity contribution in [3.05, 3.63) is 0 Å². The Balaban J connectivity index is 3.33. The zero-order valence-corrected chi connectivity index (χ0v) is 8.64. The van der Waals surface area contributed by atoms with Crippen molar-refractivity contribution in [2.45, 2.75) is 31.7 Å². The molecule has 0 bridgehead atoms. The van der Waals surface area contributed by atoms with Crippen LogP contribution in [0.4, 0.5) is 0 Å². The van der Waals surface area contributed by atoms with E-state index in [1.807, 2.05) is 0 Å². The number of hydrogen-bond donors (Lipinski definition) is 3. The van der Waals surface area contributed by atoms with Gasteiger partial charge in [-0.05, 0) is 24.9 Å². The van der Waals surface area contributed by atoms with Gasteiger partial charge in [-0.1, -0.05) is 12.8 Å². The molecule has 0 saturated carbocycles. The van der Waals surface area contributed by atoms with E-state index < -0.39 is 12.0 Å². The molecular weight excluding hydrogens is 190 g/mol. The Bertz CT molecular complexity index is 143. The molecule has 0 fully saturated rings. The molecule has 0 aliphatic rings. The van der Waals surface area contributed by atoms with Crippen molar-refractivity contribution in [3.8, 4) is 0 Å². The van der Waals surface area contributed by atoms with E-state index >= 15 is 0 Å². The van der Waals surface area contributed by atoms with Crippen molar-refractivity contribution >= 4 is 17.7 Å². The Morgan fingerprint density at radius 3 is 2.62 bits per heavy atom. The quantitative estimate of drug-likeness (QED) is 0.414. The Morgan fingerprint density at radius 1 is 1.46 bits per heavy atom. The Morgan fingerprint density at radius 2 is 2.15 bits per heavy atom. The number of aliphatic carboxylic acids is 1. The molecule has 1 unspecified atom stereocenters. The second-order valence-electron chi connectivity index (χ2n) is 2.86. The maximum Gasteiger partial charge on any atom is 0.323 e. The largest absolute Gasteiger partial charge is 0.480 e. The standard InChI is InChI=1S/C8H17NO3S/c1-13-6-4-2-3-5-7(9-12)8(10)11/h7,9,12H,2-6H2,1H3,(H,10,11). The van der Waals surface area contributed by atoms with Crippen molar-refractivity contribution in [1.82, 2.24) is 5.48 Å². The van der Waals surface area contributed by atoms with E-state index in [-0.39, 0.29) is 0 Å². The zero-order valence-electron chi connectivity index (χ0n) is 7.82. The number of rotatable bonds is 8. The summed E-state index contributed by atoms with van der Waals surface area (Å²) in [6.45, 7) is 0. The van der Waals surface area contributed by atoms with E-state index in [4.69, 9.17) is 10.3 Å². The summed E-state index contributed by atoms with van der Waals surface area (Å²) in [6, 6.07) is -0.811.